The zero-order valence-electron chi connectivity index (χ0n) is 11.6. The number of nitrogens with two attached hydrogens (primary N) is 1. The second-order valence-corrected chi connectivity index (χ2v) is 4.90. The Balaban J connectivity index is 2.13. The minimum Gasteiger partial charge on any atom is -0.368 e. The Labute approximate surface area is 121 Å². The Morgan fingerprint density at radius 3 is 2.81 bits per heavy atom. The second kappa shape index (κ2) is 4.69. The van der Waals surface area contributed by atoms with E-state index in [1.54, 1.807) is 31.1 Å². The first-order valence-electron chi connectivity index (χ1n) is 6.37. The third kappa shape index (κ3) is 2.06. The summed E-state index contributed by atoms with van der Waals surface area (Å²) in [5, 5.41) is 0. The Morgan fingerprint density at radius 2 is 2.10 bits per heavy atom. The maximum atomic E-state index is 13.4. The summed E-state index contributed by atoms with van der Waals surface area (Å²) in [6.45, 7) is 0. The molecule has 1 aliphatic heterocycles. The zero-order chi connectivity index (χ0) is 15.1. The molecule has 0 bridgehead atoms. The van der Waals surface area contributed by atoms with Crippen LogP contribution in [0.4, 0.5) is 21.8 Å². The number of aromatic nitrogens is 2. The largest absolute Gasteiger partial charge is 0.368 e. The first-order valence-corrected chi connectivity index (χ1v) is 6.37. The lowest BCUT2D eigenvalue weighted by Crippen LogP contribution is -2.45. The molecule has 2 aromatic rings. The molecule has 1 unspecified atom stereocenters. The molecule has 1 aromatic carbocycles. The molecule has 0 spiro atoms. The van der Waals surface area contributed by atoms with Crippen LogP contribution in [0.15, 0.2) is 30.5 Å². The highest BCUT2D eigenvalue weighted by atomic mass is 19.1. The van der Waals surface area contributed by atoms with E-state index >= 15 is 0 Å². The number of halogens is 1. The summed E-state index contributed by atoms with van der Waals surface area (Å²) in [6, 6.07) is 5.34. The first-order chi connectivity index (χ1) is 9.99. The number of hydrogen-bond acceptors (Lipinski definition) is 5. The van der Waals surface area contributed by atoms with Crippen LogP contribution in [0, 0.1) is 5.82 Å². The molecular weight excluding hydrogens is 273 g/mol. The molecule has 1 amide bonds. The maximum absolute atomic E-state index is 13.4. The molecule has 2 heterocycles. The number of nitrogens with zero attached hydrogens (tertiary/aromatic N) is 4. The Kier molecular flexibility index (Phi) is 2.97. The van der Waals surface area contributed by atoms with Crippen molar-refractivity contribution in [2.45, 2.75) is 6.04 Å². The van der Waals surface area contributed by atoms with Gasteiger partial charge < -0.3 is 15.5 Å². The standard InChI is InChI=1S/C14H14FN5O/c1-19-10-7-17-14(16)18-12(10)20(2)11(13(19)21)8-4-3-5-9(15)6-8/h3-7,11H,1-2H3,(H2,16,17,18). The van der Waals surface area contributed by atoms with Crippen LogP contribution in [0.3, 0.4) is 0 Å². The van der Waals surface area contributed by atoms with Crippen LogP contribution in [-0.4, -0.2) is 30.0 Å². The van der Waals surface area contributed by atoms with Crippen LogP contribution in [0.1, 0.15) is 11.6 Å². The third-order valence-corrected chi connectivity index (χ3v) is 3.58. The summed E-state index contributed by atoms with van der Waals surface area (Å²) in [4.78, 5) is 23.8. The van der Waals surface area contributed by atoms with Crippen molar-refractivity contribution in [3.8, 4) is 0 Å². The summed E-state index contributed by atoms with van der Waals surface area (Å²) in [6.07, 6.45) is 1.51. The smallest absolute Gasteiger partial charge is 0.254 e. The number of anilines is 3. The lowest BCUT2D eigenvalue weighted by Gasteiger charge is -2.38. The van der Waals surface area contributed by atoms with Crippen molar-refractivity contribution in [1.82, 2.24) is 9.97 Å². The van der Waals surface area contributed by atoms with Crippen LogP contribution in [-0.2, 0) is 4.79 Å². The summed E-state index contributed by atoms with van der Waals surface area (Å²) >= 11 is 0. The van der Waals surface area contributed by atoms with Crippen molar-refractivity contribution in [2.24, 2.45) is 0 Å². The van der Waals surface area contributed by atoms with E-state index in [0.717, 1.165) is 0 Å². The van der Waals surface area contributed by atoms with Gasteiger partial charge in [0, 0.05) is 14.1 Å². The van der Waals surface area contributed by atoms with Gasteiger partial charge in [0.25, 0.3) is 5.91 Å². The number of likely N-dealkylation sites (N-methyl/N-ethyl adjacent to an activating group) is 2. The molecule has 0 aliphatic carbocycles. The molecular formula is C14H14FN5O. The number of benzene rings is 1. The summed E-state index contributed by atoms with van der Waals surface area (Å²) in [5.74, 6) is 0.105. The van der Waals surface area contributed by atoms with Crippen molar-refractivity contribution >= 4 is 23.4 Å². The number of carbonyl (C=O) groups excluding carboxylic acids is 1. The average Bonchev–Trinajstić information content (AvgIpc) is 2.45. The number of amides is 1. The molecule has 3 rings (SSSR count). The quantitative estimate of drug-likeness (QED) is 0.857. The predicted octanol–water partition coefficient (Wildman–Crippen LogP) is 1.35. The molecule has 0 saturated carbocycles. The third-order valence-electron chi connectivity index (χ3n) is 3.58. The molecule has 1 aromatic heterocycles. The van der Waals surface area contributed by atoms with Gasteiger partial charge in [-0.2, -0.15) is 4.98 Å². The molecule has 6 nitrogen and oxygen atoms in total. The minimum absolute atomic E-state index is 0.126. The number of nitrogen functional groups attached to an aromatic ring is 1. The van der Waals surface area contributed by atoms with Crippen LogP contribution in [0.25, 0.3) is 0 Å². The van der Waals surface area contributed by atoms with E-state index in [0.29, 0.717) is 17.1 Å². The van der Waals surface area contributed by atoms with Crippen LogP contribution in [0.5, 0.6) is 0 Å². The van der Waals surface area contributed by atoms with E-state index in [-0.39, 0.29) is 17.7 Å². The number of carbonyl (C=O) groups is 1. The van der Waals surface area contributed by atoms with Gasteiger partial charge in [0.1, 0.15) is 17.5 Å². The predicted molar refractivity (Wildman–Crippen MR) is 77.4 cm³/mol. The number of fused-ring (bicyclic) bond motifs is 1. The van der Waals surface area contributed by atoms with E-state index < -0.39 is 6.04 Å². The van der Waals surface area contributed by atoms with Gasteiger partial charge in [0.2, 0.25) is 5.95 Å². The van der Waals surface area contributed by atoms with Crippen molar-refractivity contribution < 1.29 is 9.18 Å². The molecule has 0 radical (unpaired) electrons. The van der Waals surface area contributed by atoms with Gasteiger partial charge >= 0.3 is 0 Å². The SMILES string of the molecule is CN1C(=O)C(c2cccc(F)c2)N(C)c2nc(N)ncc21. The highest BCUT2D eigenvalue weighted by molar-refractivity contribution is 6.04. The van der Waals surface area contributed by atoms with E-state index in [1.807, 2.05) is 0 Å². The summed E-state index contributed by atoms with van der Waals surface area (Å²) < 4.78 is 13.4. The highest BCUT2D eigenvalue weighted by Gasteiger charge is 2.37. The zero-order valence-corrected chi connectivity index (χ0v) is 11.6. The fraction of sp³-hybridized carbons (Fsp3) is 0.214. The number of hydrogen-bond donors (Lipinski definition) is 1. The van der Waals surface area contributed by atoms with Crippen molar-refractivity contribution in [3.05, 3.63) is 41.8 Å². The Hall–Kier alpha value is -2.70. The van der Waals surface area contributed by atoms with Gasteiger partial charge in [-0.1, -0.05) is 12.1 Å². The van der Waals surface area contributed by atoms with Gasteiger partial charge in [0.05, 0.1) is 6.20 Å². The lowest BCUT2D eigenvalue weighted by atomic mass is 10.0. The Morgan fingerprint density at radius 1 is 1.33 bits per heavy atom. The number of rotatable bonds is 1. The average molecular weight is 287 g/mol. The molecule has 7 heteroatoms. The fourth-order valence-corrected chi connectivity index (χ4v) is 2.51. The van der Waals surface area contributed by atoms with Crippen molar-refractivity contribution in [2.75, 3.05) is 29.6 Å². The molecule has 2 N–H and O–H groups in total. The molecule has 1 aliphatic rings. The molecule has 21 heavy (non-hydrogen) atoms. The van der Waals surface area contributed by atoms with Crippen molar-refractivity contribution in [1.29, 1.82) is 0 Å². The van der Waals surface area contributed by atoms with E-state index in [9.17, 15) is 9.18 Å². The van der Waals surface area contributed by atoms with Gasteiger partial charge in [-0.15, -0.1) is 0 Å². The van der Waals surface area contributed by atoms with Crippen molar-refractivity contribution in [3.63, 3.8) is 0 Å². The fourth-order valence-electron chi connectivity index (χ4n) is 2.51. The minimum atomic E-state index is -0.646. The van der Waals surface area contributed by atoms with E-state index in [4.69, 9.17) is 5.73 Å². The van der Waals surface area contributed by atoms with Crippen LogP contribution >= 0.6 is 0 Å². The summed E-state index contributed by atoms with van der Waals surface area (Å²) in [5.41, 5.74) is 6.76. The molecule has 108 valence electrons. The van der Waals surface area contributed by atoms with Gasteiger partial charge in [-0.05, 0) is 17.7 Å². The van der Waals surface area contributed by atoms with E-state index in [1.165, 1.54) is 23.2 Å². The molecule has 1 atom stereocenters. The van der Waals surface area contributed by atoms with Gasteiger partial charge in [0.15, 0.2) is 5.82 Å². The monoisotopic (exact) mass is 287 g/mol. The van der Waals surface area contributed by atoms with Gasteiger partial charge in [-0.25, -0.2) is 9.37 Å². The summed E-state index contributed by atoms with van der Waals surface area (Å²) in [7, 11) is 3.37. The normalized spacial score (nSPS) is 17.9. The highest BCUT2D eigenvalue weighted by Crippen LogP contribution is 2.38. The second-order valence-electron chi connectivity index (χ2n) is 4.90. The van der Waals surface area contributed by atoms with Crippen LogP contribution < -0.4 is 15.5 Å². The first kappa shape index (κ1) is 13.3. The molecule has 0 fully saturated rings. The van der Waals surface area contributed by atoms with E-state index in [2.05, 4.69) is 9.97 Å². The van der Waals surface area contributed by atoms with Crippen LogP contribution in [0.2, 0.25) is 0 Å². The van der Waals surface area contributed by atoms with Gasteiger partial charge in [-0.3, -0.25) is 4.79 Å². The maximum Gasteiger partial charge on any atom is 0.254 e. The lowest BCUT2D eigenvalue weighted by molar-refractivity contribution is -0.120. The topological polar surface area (TPSA) is 75.4 Å². The Bertz CT molecular complexity index is 720. The molecule has 0 saturated heterocycles.